The van der Waals surface area contributed by atoms with Crippen LogP contribution in [0.4, 0.5) is 28.4 Å². The summed E-state index contributed by atoms with van der Waals surface area (Å²) in [6, 6.07) is 56.6. The molecule has 0 N–H and O–H groups in total. The molecule has 4 nitrogen and oxygen atoms in total. The third-order valence-corrected chi connectivity index (χ3v) is 18.8. The van der Waals surface area contributed by atoms with E-state index in [1.807, 2.05) is 41.7 Å². The van der Waals surface area contributed by atoms with E-state index >= 15 is 0 Å². The predicted molar refractivity (Wildman–Crippen MR) is 253 cm³/mol. The Labute approximate surface area is 342 Å². The summed E-state index contributed by atoms with van der Waals surface area (Å²) < 4.78 is 11.1. The molecule has 0 aliphatic carbocycles. The highest BCUT2D eigenvalue weighted by atomic mass is 127. The summed E-state index contributed by atoms with van der Waals surface area (Å²) in [7, 11) is 0. The Balaban J connectivity index is 1.07. The summed E-state index contributed by atoms with van der Waals surface area (Å²) in [5, 5.41) is 31.9. The number of halogens is 1. The highest BCUT2D eigenvalue weighted by Gasteiger charge is 2.31. The van der Waals surface area contributed by atoms with Gasteiger partial charge in [0.25, 0.3) is 0 Å². The maximum atomic E-state index is 11.0. The lowest BCUT2D eigenvalue weighted by atomic mass is 10.00. The van der Waals surface area contributed by atoms with Gasteiger partial charge in [-0.1, -0.05) is 84.9 Å². The Morgan fingerprint density at radius 3 is 1.89 bits per heavy atom. The molecule has 0 radical (unpaired) electrons. The second kappa shape index (κ2) is 12.5. The van der Waals surface area contributed by atoms with Crippen molar-refractivity contribution >= 4 is 140 Å². The van der Waals surface area contributed by atoms with Crippen molar-refractivity contribution in [2.45, 2.75) is 0 Å². The molecule has 0 amide bonds. The first-order valence-corrected chi connectivity index (χ1v) is 23.5. The smallest absolute Gasteiger partial charge is 0.101 e. The summed E-state index contributed by atoms with van der Waals surface area (Å²) >= 11 is 1.50. The molecule has 0 atom stereocenters. The van der Waals surface area contributed by atoms with Crippen LogP contribution in [-0.2, 0) is 0 Å². The van der Waals surface area contributed by atoms with E-state index in [1.165, 1.54) is 71.0 Å². The number of hydrogen-bond acceptors (Lipinski definition) is 6. The number of nitriles is 2. The van der Waals surface area contributed by atoms with Crippen molar-refractivity contribution in [3.05, 3.63) is 174 Å². The summed E-state index contributed by atoms with van der Waals surface area (Å²) in [6.45, 7) is 0. The van der Waals surface area contributed by atoms with E-state index < -0.39 is 19.1 Å². The number of para-hydroxylation sites is 1. The summed E-state index contributed by atoms with van der Waals surface area (Å²) in [5.41, 5.74) is 6.73. The first kappa shape index (κ1) is 32.7. The Morgan fingerprint density at radius 1 is 0.526 bits per heavy atom. The molecule has 0 bridgehead atoms. The van der Waals surface area contributed by atoms with Crippen molar-refractivity contribution < 1.29 is 0 Å². The number of nitrogens with zero attached hydrogens (tertiary/aromatic N) is 4. The summed E-state index contributed by atoms with van der Waals surface area (Å²) in [5.74, 6) is 0. The van der Waals surface area contributed by atoms with Crippen LogP contribution >= 0.6 is 41.8 Å². The zero-order valence-corrected chi connectivity index (χ0v) is 33.9. The molecule has 0 fully saturated rings. The topological polar surface area (TPSA) is 54.1 Å². The second-order valence-electron chi connectivity index (χ2n) is 14.3. The van der Waals surface area contributed by atoms with Gasteiger partial charge in [-0.15, -0.1) is 22.7 Å². The first-order chi connectivity index (χ1) is 28.2. The number of hydrogen-bond donors (Lipinski definition) is 0. The fraction of sp³-hybridized carbons (Fsp3) is 0. The standard InChI is InChI=1S/C50H27IN4S2/c52-28-32-24-43(55-44-26-40-48(27-38(44)41-15-8-22-51(41)55)57-47-20-17-31-10-5-7-14-37(31)50(40)47)33(29-53)23-42(32)54(34-11-2-1-3-12-34)35-18-21-45-39(25-35)49-36-13-6-4-9-30(36)16-19-46(49)56-45/h1-27H. The molecule has 4 heterocycles. The molecule has 2 aliphatic heterocycles. The van der Waals surface area contributed by atoms with Gasteiger partial charge in [-0.25, -0.2) is 0 Å². The third kappa shape index (κ3) is 4.80. The molecule has 2 aliphatic rings. The van der Waals surface area contributed by atoms with E-state index in [0.717, 1.165) is 22.7 Å². The van der Waals surface area contributed by atoms with Crippen LogP contribution in [0.3, 0.4) is 0 Å². The molecule has 10 aromatic rings. The Morgan fingerprint density at radius 2 is 1.18 bits per heavy atom. The van der Waals surface area contributed by atoms with Crippen molar-refractivity contribution in [3.63, 3.8) is 0 Å². The maximum absolute atomic E-state index is 11.0. The van der Waals surface area contributed by atoms with E-state index in [0.29, 0.717) is 16.8 Å². The molecular formula is C50H27IN4S2. The number of benzene rings is 8. The highest BCUT2D eigenvalue weighted by Crippen LogP contribution is 2.54. The molecule has 0 spiro atoms. The van der Waals surface area contributed by atoms with Gasteiger partial charge < -0.3 is 4.90 Å². The molecule has 0 saturated carbocycles. The molecule has 12 rings (SSSR count). The van der Waals surface area contributed by atoms with Crippen LogP contribution in [-0.4, -0.2) is 7.52 Å². The average molecular weight is 875 g/mol. The van der Waals surface area contributed by atoms with Gasteiger partial charge in [0, 0.05) is 60.8 Å². The van der Waals surface area contributed by atoms with Gasteiger partial charge in [0.2, 0.25) is 0 Å². The van der Waals surface area contributed by atoms with Crippen molar-refractivity contribution in [2.75, 3.05) is 8.01 Å². The summed E-state index contributed by atoms with van der Waals surface area (Å²) in [6.07, 6.45) is 4.43. The first-order valence-electron chi connectivity index (χ1n) is 18.6. The highest BCUT2D eigenvalue weighted by molar-refractivity contribution is 14.2. The van der Waals surface area contributed by atoms with E-state index in [9.17, 15) is 10.5 Å². The van der Waals surface area contributed by atoms with Crippen LogP contribution in [0, 0.1) is 22.7 Å². The van der Waals surface area contributed by atoms with Gasteiger partial charge in [0.1, 0.15) is 12.1 Å². The van der Waals surface area contributed by atoms with Gasteiger partial charge in [-0.3, -0.25) is 3.11 Å². The van der Waals surface area contributed by atoms with Crippen molar-refractivity contribution in [2.24, 2.45) is 0 Å². The largest absolute Gasteiger partial charge is 0.309 e. The Kier molecular flexibility index (Phi) is 7.18. The van der Waals surface area contributed by atoms with Gasteiger partial charge in [0.05, 0.1) is 28.2 Å². The lowest BCUT2D eigenvalue weighted by molar-refractivity contribution is 1.26. The van der Waals surface area contributed by atoms with Crippen LogP contribution in [0.1, 0.15) is 16.7 Å². The molecule has 7 heteroatoms. The SMILES string of the molecule is N#Cc1cc(N2c3cc4c(cc3C3=I2=CC=C3)sc2ccc3ccccc3c24)c(C#N)cc1N(c1ccccc1)c1ccc2sc3ccc4ccccc4c3c2c1. The molecule has 57 heavy (non-hydrogen) atoms. The van der Waals surface area contributed by atoms with Crippen LogP contribution in [0.2, 0.25) is 0 Å². The quantitative estimate of drug-likeness (QED) is 0.131. The van der Waals surface area contributed by atoms with E-state index in [4.69, 9.17) is 0 Å². The second-order valence-corrected chi connectivity index (χ2v) is 20.9. The average Bonchev–Trinajstić information content (AvgIpc) is 4.04. The van der Waals surface area contributed by atoms with Crippen LogP contribution < -0.4 is 8.01 Å². The Bertz CT molecular complexity index is 3630. The molecular weight excluding hydrogens is 848 g/mol. The van der Waals surface area contributed by atoms with Gasteiger partial charge >= 0.3 is 0 Å². The Hall–Kier alpha value is -6.49. The summed E-state index contributed by atoms with van der Waals surface area (Å²) in [4.78, 5) is 2.14. The minimum Gasteiger partial charge on any atom is -0.309 e. The van der Waals surface area contributed by atoms with Crippen LogP contribution in [0.5, 0.6) is 0 Å². The molecule has 0 unspecified atom stereocenters. The van der Waals surface area contributed by atoms with E-state index in [-0.39, 0.29) is 0 Å². The number of rotatable bonds is 4. The number of allylic oxidation sites excluding steroid dienone is 2. The maximum Gasteiger partial charge on any atom is 0.101 e. The monoisotopic (exact) mass is 874 g/mol. The van der Waals surface area contributed by atoms with Crippen molar-refractivity contribution in [3.8, 4) is 12.1 Å². The van der Waals surface area contributed by atoms with Gasteiger partial charge in [-0.2, -0.15) is 10.5 Å². The minimum absolute atomic E-state index is 0.514. The predicted octanol–water partition coefficient (Wildman–Crippen LogP) is 14.4. The zero-order chi connectivity index (χ0) is 37.8. The lowest BCUT2D eigenvalue weighted by Gasteiger charge is -2.28. The van der Waals surface area contributed by atoms with Gasteiger partial charge in [0.15, 0.2) is 0 Å². The lowest BCUT2D eigenvalue weighted by Crippen LogP contribution is -2.13. The molecule has 2 aromatic heterocycles. The minimum atomic E-state index is -2.14. The van der Waals surface area contributed by atoms with Crippen molar-refractivity contribution in [1.82, 2.24) is 0 Å². The molecule has 0 saturated heterocycles. The molecule has 266 valence electrons. The fourth-order valence-corrected chi connectivity index (χ4v) is 16.3. The normalized spacial score (nSPS) is 13.5. The number of anilines is 5. The van der Waals surface area contributed by atoms with E-state index in [1.54, 1.807) is 11.3 Å². The van der Waals surface area contributed by atoms with Crippen molar-refractivity contribution in [1.29, 1.82) is 10.5 Å². The van der Waals surface area contributed by atoms with E-state index in [2.05, 4.69) is 152 Å². The fourth-order valence-electron chi connectivity index (χ4n) is 8.71. The van der Waals surface area contributed by atoms with Crippen LogP contribution in [0.25, 0.3) is 61.9 Å². The third-order valence-electron chi connectivity index (χ3n) is 11.2. The zero-order valence-electron chi connectivity index (χ0n) is 30.1. The number of thiophene rings is 2. The molecule has 8 aromatic carbocycles. The van der Waals surface area contributed by atoms with Gasteiger partial charge in [-0.05, 0) is 118 Å². The number of fused-ring (bicyclic) bond motifs is 12. The van der Waals surface area contributed by atoms with Crippen LogP contribution in [0.15, 0.2) is 158 Å².